The Balaban J connectivity index is 1.59. The van der Waals surface area contributed by atoms with E-state index in [9.17, 15) is 9.18 Å². The van der Waals surface area contributed by atoms with E-state index in [4.69, 9.17) is 21.1 Å². The summed E-state index contributed by atoms with van der Waals surface area (Å²) >= 11 is 6.05. The Morgan fingerprint density at radius 1 is 1.32 bits per heavy atom. The van der Waals surface area contributed by atoms with Gasteiger partial charge < -0.3 is 20.1 Å². The highest BCUT2D eigenvalue weighted by Crippen LogP contribution is 2.40. The van der Waals surface area contributed by atoms with Crippen molar-refractivity contribution in [1.29, 1.82) is 0 Å². The number of ether oxygens (including phenoxy) is 2. The molecule has 0 saturated carbocycles. The van der Waals surface area contributed by atoms with Crippen LogP contribution in [0.25, 0.3) is 10.9 Å². The number of carbonyl (C=O) groups is 1. The number of halogens is 2. The van der Waals surface area contributed by atoms with Gasteiger partial charge in [0.1, 0.15) is 17.9 Å². The number of amides is 1. The summed E-state index contributed by atoms with van der Waals surface area (Å²) in [5.74, 6) is 0.285. The van der Waals surface area contributed by atoms with Crippen LogP contribution in [-0.4, -0.2) is 48.4 Å². The third kappa shape index (κ3) is 3.21. The molecule has 1 amide bonds. The number of nitrogens with one attached hydrogen (secondary N) is 2. The first-order valence-electron chi connectivity index (χ1n) is 9.66. The molecule has 10 heteroatoms. The van der Waals surface area contributed by atoms with Gasteiger partial charge in [-0.05, 0) is 24.6 Å². The number of hydrogen-bond donors (Lipinski definition) is 2. The van der Waals surface area contributed by atoms with Crippen LogP contribution in [0.1, 0.15) is 5.56 Å². The molecule has 160 valence electrons. The van der Waals surface area contributed by atoms with Gasteiger partial charge in [-0.25, -0.2) is 19.2 Å². The highest BCUT2D eigenvalue weighted by molar-refractivity contribution is 6.31. The van der Waals surface area contributed by atoms with Crippen LogP contribution in [0.2, 0.25) is 5.02 Å². The minimum Gasteiger partial charge on any atom is -0.494 e. The molecule has 2 aromatic carbocycles. The Morgan fingerprint density at radius 2 is 2.13 bits per heavy atom. The maximum atomic E-state index is 14.6. The highest BCUT2D eigenvalue weighted by Gasteiger charge is 2.50. The summed E-state index contributed by atoms with van der Waals surface area (Å²) in [6.45, 7) is 3.34. The summed E-state index contributed by atoms with van der Waals surface area (Å²) in [5.41, 5.74) is 1.41. The molecule has 1 aromatic heterocycles. The van der Waals surface area contributed by atoms with E-state index < -0.39 is 17.5 Å². The van der Waals surface area contributed by atoms with E-state index in [1.54, 1.807) is 36.1 Å². The molecule has 3 aromatic rings. The van der Waals surface area contributed by atoms with Crippen LogP contribution in [0.5, 0.6) is 5.75 Å². The van der Waals surface area contributed by atoms with Crippen LogP contribution < -0.4 is 20.3 Å². The lowest BCUT2D eigenvalue weighted by Gasteiger charge is -2.36. The van der Waals surface area contributed by atoms with Crippen molar-refractivity contribution in [1.82, 2.24) is 15.3 Å². The van der Waals surface area contributed by atoms with E-state index in [1.807, 2.05) is 0 Å². The largest absolute Gasteiger partial charge is 0.494 e. The van der Waals surface area contributed by atoms with Gasteiger partial charge >= 0.3 is 6.09 Å². The second-order valence-corrected chi connectivity index (χ2v) is 8.07. The molecule has 0 unspecified atom stereocenters. The third-order valence-corrected chi connectivity index (χ3v) is 6.08. The summed E-state index contributed by atoms with van der Waals surface area (Å²) in [5, 5.41) is 6.76. The molecular weight excluding hydrogens is 425 g/mol. The molecule has 2 saturated heterocycles. The number of hydrogen-bond acceptors (Lipinski definition) is 7. The minimum absolute atomic E-state index is 0.0462. The van der Waals surface area contributed by atoms with Crippen molar-refractivity contribution in [2.45, 2.75) is 12.5 Å². The van der Waals surface area contributed by atoms with Crippen LogP contribution in [0.15, 0.2) is 30.6 Å². The van der Waals surface area contributed by atoms with Crippen molar-refractivity contribution in [2.75, 3.05) is 37.0 Å². The quantitative estimate of drug-likeness (QED) is 0.634. The summed E-state index contributed by atoms with van der Waals surface area (Å²) in [6.07, 6.45) is 0.929. The fourth-order valence-corrected chi connectivity index (χ4v) is 3.98. The Labute approximate surface area is 182 Å². The Hall–Kier alpha value is -3.17. The number of fused-ring (bicyclic) bond motifs is 1. The minimum atomic E-state index is -0.565. The molecule has 2 N–H and O–H groups in total. The first kappa shape index (κ1) is 19.8. The van der Waals surface area contributed by atoms with Gasteiger partial charge in [0.05, 0.1) is 35.6 Å². The Kier molecular flexibility index (Phi) is 4.60. The summed E-state index contributed by atoms with van der Waals surface area (Å²) in [7, 11) is 1.52. The lowest BCUT2D eigenvalue weighted by Crippen LogP contribution is -2.61. The number of aryl methyl sites for hydroxylation is 1. The fraction of sp³-hybridized carbons (Fsp3) is 0.286. The van der Waals surface area contributed by atoms with Gasteiger partial charge in [0.15, 0.2) is 11.4 Å². The number of methoxy groups -OCH3 is 1. The molecule has 8 nitrogen and oxygen atoms in total. The maximum Gasteiger partial charge on any atom is 0.415 e. The lowest BCUT2D eigenvalue weighted by molar-refractivity contribution is 0.0142. The van der Waals surface area contributed by atoms with Crippen LogP contribution in [0, 0.1) is 12.7 Å². The molecule has 5 rings (SSSR count). The summed E-state index contributed by atoms with van der Waals surface area (Å²) in [6, 6.07) is 6.78. The van der Waals surface area contributed by atoms with E-state index >= 15 is 0 Å². The standard InChI is InChI=1S/C21H19ClFN5O3/c1-11-3-4-13(18(23)17(11)22)27-19-12-5-15(16(30-2)6-14(12)25-10-26-19)28-9-21(7-24-8-21)31-20(28)29/h3-6,10,24H,7-9H2,1-2H3,(H,25,26,27). The number of benzene rings is 2. The first-order valence-corrected chi connectivity index (χ1v) is 10.0. The summed E-state index contributed by atoms with van der Waals surface area (Å²) < 4.78 is 25.7. The maximum absolute atomic E-state index is 14.6. The number of carbonyl (C=O) groups excluding carboxylic acids is 1. The van der Waals surface area contributed by atoms with Gasteiger partial charge in [-0.3, -0.25) is 4.90 Å². The zero-order valence-corrected chi connectivity index (χ0v) is 17.6. The van der Waals surface area contributed by atoms with Gasteiger partial charge in [0.25, 0.3) is 0 Å². The number of anilines is 3. The molecule has 3 heterocycles. The second kappa shape index (κ2) is 7.21. The van der Waals surface area contributed by atoms with Gasteiger partial charge in [-0.1, -0.05) is 17.7 Å². The average Bonchev–Trinajstić information content (AvgIpc) is 3.11. The zero-order chi connectivity index (χ0) is 21.8. The van der Waals surface area contributed by atoms with E-state index in [0.717, 1.165) is 0 Å². The van der Waals surface area contributed by atoms with Crippen molar-refractivity contribution < 1.29 is 18.7 Å². The number of nitrogens with zero attached hydrogens (tertiary/aromatic N) is 3. The van der Waals surface area contributed by atoms with E-state index in [2.05, 4.69) is 20.6 Å². The number of rotatable bonds is 4. The van der Waals surface area contributed by atoms with E-state index in [1.165, 1.54) is 13.4 Å². The molecule has 0 aliphatic carbocycles. The predicted molar refractivity (Wildman–Crippen MR) is 115 cm³/mol. The first-order chi connectivity index (χ1) is 14.9. The molecule has 2 fully saturated rings. The fourth-order valence-electron chi connectivity index (χ4n) is 3.81. The molecule has 2 aliphatic heterocycles. The molecule has 0 radical (unpaired) electrons. The van der Waals surface area contributed by atoms with Crippen molar-refractivity contribution >= 4 is 45.8 Å². The van der Waals surface area contributed by atoms with Crippen LogP contribution in [0.4, 0.5) is 26.4 Å². The molecule has 31 heavy (non-hydrogen) atoms. The second-order valence-electron chi connectivity index (χ2n) is 7.69. The normalized spacial score (nSPS) is 17.0. The van der Waals surface area contributed by atoms with Crippen LogP contribution >= 0.6 is 11.6 Å². The van der Waals surface area contributed by atoms with Crippen molar-refractivity contribution in [3.8, 4) is 5.75 Å². The predicted octanol–water partition coefficient (Wildman–Crippen LogP) is 3.78. The smallest absolute Gasteiger partial charge is 0.415 e. The Morgan fingerprint density at radius 3 is 2.81 bits per heavy atom. The molecule has 0 bridgehead atoms. The van der Waals surface area contributed by atoms with Gasteiger partial charge in [-0.2, -0.15) is 0 Å². The van der Waals surface area contributed by atoms with Crippen molar-refractivity contribution in [3.05, 3.63) is 47.0 Å². The third-order valence-electron chi connectivity index (χ3n) is 5.62. The monoisotopic (exact) mass is 443 g/mol. The molecule has 1 spiro atoms. The highest BCUT2D eigenvalue weighted by atomic mass is 35.5. The van der Waals surface area contributed by atoms with Crippen LogP contribution in [0.3, 0.4) is 0 Å². The average molecular weight is 444 g/mol. The molecule has 2 aliphatic rings. The van der Waals surface area contributed by atoms with Crippen molar-refractivity contribution in [2.24, 2.45) is 0 Å². The van der Waals surface area contributed by atoms with Gasteiger partial charge in [0, 0.05) is 24.5 Å². The zero-order valence-electron chi connectivity index (χ0n) is 16.8. The van der Waals surface area contributed by atoms with E-state index in [0.29, 0.717) is 53.4 Å². The molecule has 0 atom stereocenters. The molecular formula is C21H19ClFN5O3. The van der Waals surface area contributed by atoms with Crippen LogP contribution in [-0.2, 0) is 4.74 Å². The SMILES string of the molecule is COc1cc2ncnc(Nc3ccc(C)c(Cl)c3F)c2cc1N1CC2(CNC2)OC1=O. The van der Waals surface area contributed by atoms with Crippen molar-refractivity contribution in [3.63, 3.8) is 0 Å². The Bertz CT molecular complexity index is 1220. The van der Waals surface area contributed by atoms with Gasteiger partial charge in [-0.15, -0.1) is 0 Å². The number of aromatic nitrogens is 2. The summed E-state index contributed by atoms with van der Waals surface area (Å²) in [4.78, 5) is 22.7. The lowest BCUT2D eigenvalue weighted by atomic mass is 9.97. The van der Waals surface area contributed by atoms with E-state index in [-0.39, 0.29) is 10.7 Å². The van der Waals surface area contributed by atoms with Gasteiger partial charge in [0.2, 0.25) is 0 Å². The topological polar surface area (TPSA) is 88.6 Å².